The van der Waals surface area contributed by atoms with Crippen LogP contribution >= 0.6 is 0 Å². The molecule has 98 valence electrons. The average Bonchev–Trinajstić information content (AvgIpc) is 2.34. The SMILES string of the molecule is CCC1(Nc2c(N)cccc2C(=O)OC)CCC1. The molecule has 1 aliphatic rings. The Morgan fingerprint density at radius 2 is 2.22 bits per heavy atom. The number of carbonyl (C=O) groups is 1. The first-order chi connectivity index (χ1) is 8.62. The monoisotopic (exact) mass is 248 g/mol. The van der Waals surface area contributed by atoms with E-state index in [0.29, 0.717) is 16.9 Å². The van der Waals surface area contributed by atoms with Crippen LogP contribution < -0.4 is 11.1 Å². The van der Waals surface area contributed by atoms with Gasteiger partial charge in [-0.05, 0) is 37.8 Å². The Balaban J connectivity index is 2.33. The maximum Gasteiger partial charge on any atom is 0.340 e. The quantitative estimate of drug-likeness (QED) is 0.635. The van der Waals surface area contributed by atoms with Crippen LogP contribution in [0.5, 0.6) is 0 Å². The van der Waals surface area contributed by atoms with E-state index >= 15 is 0 Å². The minimum Gasteiger partial charge on any atom is -0.465 e. The molecule has 1 saturated carbocycles. The lowest BCUT2D eigenvalue weighted by Crippen LogP contribution is -2.44. The molecule has 1 aromatic carbocycles. The van der Waals surface area contributed by atoms with E-state index < -0.39 is 0 Å². The molecule has 1 aromatic rings. The number of ether oxygens (including phenoxy) is 1. The van der Waals surface area contributed by atoms with E-state index in [2.05, 4.69) is 12.2 Å². The van der Waals surface area contributed by atoms with Crippen molar-refractivity contribution < 1.29 is 9.53 Å². The predicted molar refractivity (Wildman–Crippen MR) is 72.7 cm³/mol. The van der Waals surface area contributed by atoms with Gasteiger partial charge in [0.05, 0.1) is 24.0 Å². The second kappa shape index (κ2) is 4.88. The molecular formula is C14H20N2O2. The average molecular weight is 248 g/mol. The third-order valence-electron chi connectivity index (χ3n) is 3.88. The first kappa shape index (κ1) is 12.7. The van der Waals surface area contributed by atoms with Gasteiger partial charge in [0.2, 0.25) is 0 Å². The molecule has 2 rings (SSSR count). The highest BCUT2D eigenvalue weighted by atomic mass is 16.5. The molecule has 18 heavy (non-hydrogen) atoms. The first-order valence-corrected chi connectivity index (χ1v) is 6.37. The van der Waals surface area contributed by atoms with Crippen molar-refractivity contribution in [3.05, 3.63) is 23.8 Å². The van der Waals surface area contributed by atoms with Crippen molar-refractivity contribution in [2.75, 3.05) is 18.2 Å². The van der Waals surface area contributed by atoms with E-state index in [-0.39, 0.29) is 11.5 Å². The normalized spacial score (nSPS) is 16.8. The van der Waals surface area contributed by atoms with Crippen molar-refractivity contribution in [3.8, 4) is 0 Å². The fraction of sp³-hybridized carbons (Fsp3) is 0.500. The summed E-state index contributed by atoms with van der Waals surface area (Å²) in [5.41, 5.74) is 7.90. The standard InChI is InChI=1S/C14H20N2O2/c1-3-14(8-5-9-14)16-12-10(13(17)18-2)6-4-7-11(12)15/h4,6-7,16H,3,5,8-9,15H2,1-2H3. The van der Waals surface area contributed by atoms with Crippen LogP contribution in [-0.4, -0.2) is 18.6 Å². The second-order valence-electron chi connectivity index (χ2n) is 4.87. The molecule has 0 saturated heterocycles. The Kier molecular flexibility index (Phi) is 3.45. The molecule has 1 aliphatic carbocycles. The minimum atomic E-state index is -0.352. The number of nitrogens with two attached hydrogens (primary N) is 1. The Morgan fingerprint density at radius 1 is 1.50 bits per heavy atom. The highest BCUT2D eigenvalue weighted by Crippen LogP contribution is 2.40. The molecular weight excluding hydrogens is 228 g/mol. The zero-order chi connectivity index (χ0) is 13.2. The summed E-state index contributed by atoms with van der Waals surface area (Å²) in [5.74, 6) is -0.352. The largest absolute Gasteiger partial charge is 0.465 e. The summed E-state index contributed by atoms with van der Waals surface area (Å²) in [7, 11) is 1.38. The molecule has 4 nitrogen and oxygen atoms in total. The molecule has 0 radical (unpaired) electrons. The number of nitrogens with one attached hydrogen (secondary N) is 1. The molecule has 0 amide bonds. The summed E-state index contributed by atoms with van der Waals surface area (Å²) >= 11 is 0. The summed E-state index contributed by atoms with van der Waals surface area (Å²) in [6.45, 7) is 2.16. The summed E-state index contributed by atoms with van der Waals surface area (Å²) in [6, 6.07) is 5.31. The smallest absolute Gasteiger partial charge is 0.340 e. The van der Waals surface area contributed by atoms with E-state index in [1.807, 2.05) is 0 Å². The maximum absolute atomic E-state index is 11.7. The molecule has 0 aromatic heterocycles. The fourth-order valence-electron chi connectivity index (χ4n) is 2.43. The lowest BCUT2D eigenvalue weighted by molar-refractivity contribution is 0.0601. The van der Waals surface area contributed by atoms with E-state index in [9.17, 15) is 4.79 Å². The van der Waals surface area contributed by atoms with Crippen LogP contribution in [0.4, 0.5) is 11.4 Å². The van der Waals surface area contributed by atoms with E-state index in [1.54, 1.807) is 18.2 Å². The second-order valence-corrected chi connectivity index (χ2v) is 4.87. The van der Waals surface area contributed by atoms with Crippen LogP contribution in [0, 0.1) is 0 Å². The van der Waals surface area contributed by atoms with Gasteiger partial charge in [0.15, 0.2) is 0 Å². The zero-order valence-electron chi connectivity index (χ0n) is 11.0. The van der Waals surface area contributed by atoms with Gasteiger partial charge in [-0.1, -0.05) is 13.0 Å². The number of rotatable bonds is 4. The Labute approximate surface area is 108 Å². The lowest BCUT2D eigenvalue weighted by Gasteiger charge is -2.43. The molecule has 0 unspecified atom stereocenters. The van der Waals surface area contributed by atoms with Crippen molar-refractivity contribution in [3.63, 3.8) is 0 Å². The third kappa shape index (κ3) is 2.15. The van der Waals surface area contributed by atoms with E-state index in [1.165, 1.54) is 13.5 Å². The van der Waals surface area contributed by atoms with E-state index in [0.717, 1.165) is 19.3 Å². The topological polar surface area (TPSA) is 64.3 Å². The van der Waals surface area contributed by atoms with Gasteiger partial charge in [0.25, 0.3) is 0 Å². The zero-order valence-corrected chi connectivity index (χ0v) is 11.0. The van der Waals surface area contributed by atoms with Crippen LogP contribution in [-0.2, 0) is 4.74 Å². The van der Waals surface area contributed by atoms with Crippen LogP contribution in [0.2, 0.25) is 0 Å². The number of methoxy groups -OCH3 is 1. The summed E-state index contributed by atoms with van der Waals surface area (Å²) in [6.07, 6.45) is 4.50. The predicted octanol–water partition coefficient (Wildman–Crippen LogP) is 2.80. The molecule has 0 spiro atoms. The van der Waals surface area contributed by atoms with Crippen molar-refractivity contribution in [1.29, 1.82) is 0 Å². The number of para-hydroxylation sites is 1. The van der Waals surface area contributed by atoms with Crippen LogP contribution in [0.1, 0.15) is 43.0 Å². The number of hydrogen-bond donors (Lipinski definition) is 2. The molecule has 0 atom stereocenters. The van der Waals surface area contributed by atoms with Crippen LogP contribution in [0.15, 0.2) is 18.2 Å². The van der Waals surface area contributed by atoms with Gasteiger partial charge in [0, 0.05) is 5.54 Å². The van der Waals surface area contributed by atoms with Gasteiger partial charge in [-0.2, -0.15) is 0 Å². The Hall–Kier alpha value is -1.71. The van der Waals surface area contributed by atoms with Gasteiger partial charge in [-0.15, -0.1) is 0 Å². The number of esters is 1. The highest BCUT2D eigenvalue weighted by Gasteiger charge is 2.36. The van der Waals surface area contributed by atoms with Gasteiger partial charge in [0.1, 0.15) is 0 Å². The summed E-state index contributed by atoms with van der Waals surface area (Å²) in [5, 5.41) is 3.47. The van der Waals surface area contributed by atoms with Crippen LogP contribution in [0.3, 0.4) is 0 Å². The molecule has 0 heterocycles. The van der Waals surface area contributed by atoms with Gasteiger partial charge >= 0.3 is 5.97 Å². The van der Waals surface area contributed by atoms with Crippen molar-refractivity contribution in [1.82, 2.24) is 0 Å². The van der Waals surface area contributed by atoms with E-state index in [4.69, 9.17) is 10.5 Å². The number of carbonyl (C=O) groups excluding carboxylic acids is 1. The molecule has 4 heteroatoms. The Morgan fingerprint density at radius 3 is 2.72 bits per heavy atom. The molecule has 1 fully saturated rings. The van der Waals surface area contributed by atoms with Crippen molar-refractivity contribution in [2.24, 2.45) is 0 Å². The molecule has 0 aliphatic heterocycles. The minimum absolute atomic E-state index is 0.0955. The number of hydrogen-bond acceptors (Lipinski definition) is 4. The number of benzene rings is 1. The first-order valence-electron chi connectivity index (χ1n) is 6.37. The molecule has 3 N–H and O–H groups in total. The van der Waals surface area contributed by atoms with Gasteiger partial charge in [-0.3, -0.25) is 0 Å². The maximum atomic E-state index is 11.7. The summed E-state index contributed by atoms with van der Waals surface area (Å²) < 4.78 is 4.80. The lowest BCUT2D eigenvalue weighted by atomic mass is 9.74. The third-order valence-corrected chi connectivity index (χ3v) is 3.88. The van der Waals surface area contributed by atoms with Gasteiger partial charge in [-0.25, -0.2) is 4.79 Å². The van der Waals surface area contributed by atoms with Gasteiger partial charge < -0.3 is 15.8 Å². The Bertz CT molecular complexity index is 448. The number of anilines is 2. The number of nitrogen functional groups attached to an aromatic ring is 1. The molecule has 0 bridgehead atoms. The highest BCUT2D eigenvalue weighted by molar-refractivity contribution is 5.99. The van der Waals surface area contributed by atoms with Crippen molar-refractivity contribution in [2.45, 2.75) is 38.1 Å². The van der Waals surface area contributed by atoms with Crippen molar-refractivity contribution >= 4 is 17.3 Å². The fourth-order valence-corrected chi connectivity index (χ4v) is 2.43. The summed E-state index contributed by atoms with van der Waals surface area (Å²) in [4.78, 5) is 11.7. The van der Waals surface area contributed by atoms with Crippen LogP contribution in [0.25, 0.3) is 0 Å².